The molecule has 154 valence electrons. The smallest absolute Gasteiger partial charge is 0.353 e. The number of nitrogens with zero attached hydrogens (tertiary/aromatic N) is 5. The third-order valence-corrected chi connectivity index (χ3v) is 4.55. The second kappa shape index (κ2) is 8.70. The van der Waals surface area contributed by atoms with Crippen LogP contribution in [0.25, 0.3) is 12.2 Å². The summed E-state index contributed by atoms with van der Waals surface area (Å²) in [6, 6.07) is 11.5. The molecule has 10 heteroatoms. The van der Waals surface area contributed by atoms with Crippen molar-refractivity contribution >= 4 is 35.3 Å². The number of nitrogens with one attached hydrogen (secondary N) is 2. The molecule has 0 atom stereocenters. The minimum Gasteiger partial charge on any atom is -0.378 e. The number of morpholine rings is 1. The van der Waals surface area contributed by atoms with Gasteiger partial charge in [0, 0.05) is 24.8 Å². The number of aryl methyl sites for hydroxylation is 1. The lowest BCUT2D eigenvalue weighted by atomic mass is 10.2. The van der Waals surface area contributed by atoms with Gasteiger partial charge in [-0.2, -0.15) is 5.10 Å². The first-order chi connectivity index (χ1) is 14.6. The monoisotopic (exact) mass is 407 g/mol. The first-order valence-electron chi connectivity index (χ1n) is 9.51. The van der Waals surface area contributed by atoms with Crippen LogP contribution in [0.2, 0.25) is 0 Å². The molecule has 4 rings (SSSR count). The minimum atomic E-state index is -0.461. The van der Waals surface area contributed by atoms with E-state index in [0.717, 1.165) is 11.3 Å². The van der Waals surface area contributed by atoms with Crippen LogP contribution >= 0.6 is 0 Å². The van der Waals surface area contributed by atoms with Crippen molar-refractivity contribution in [1.82, 2.24) is 20.2 Å². The van der Waals surface area contributed by atoms with Gasteiger partial charge >= 0.3 is 5.69 Å². The van der Waals surface area contributed by atoms with Gasteiger partial charge in [-0.3, -0.25) is 15.2 Å². The maximum absolute atomic E-state index is 12.0. The fourth-order valence-electron chi connectivity index (χ4n) is 3.12. The molecule has 1 aromatic carbocycles. The van der Waals surface area contributed by atoms with Crippen molar-refractivity contribution in [2.24, 2.45) is 0 Å². The molecular formula is C20H21N7O3. The lowest BCUT2D eigenvalue weighted by Crippen LogP contribution is -2.37. The molecule has 3 aromatic rings. The van der Waals surface area contributed by atoms with Gasteiger partial charge in [0.05, 0.1) is 18.1 Å². The highest BCUT2D eigenvalue weighted by Crippen LogP contribution is 2.35. The van der Waals surface area contributed by atoms with Gasteiger partial charge in [0.1, 0.15) is 0 Å². The summed E-state index contributed by atoms with van der Waals surface area (Å²) >= 11 is 0. The number of anilines is 3. The number of rotatable bonds is 6. The van der Waals surface area contributed by atoms with Crippen molar-refractivity contribution in [3.8, 4) is 0 Å². The lowest BCUT2D eigenvalue weighted by Gasteiger charge is -2.27. The van der Waals surface area contributed by atoms with Gasteiger partial charge in [-0.05, 0) is 18.6 Å². The fourth-order valence-corrected chi connectivity index (χ4v) is 3.12. The van der Waals surface area contributed by atoms with E-state index in [4.69, 9.17) is 4.74 Å². The van der Waals surface area contributed by atoms with Gasteiger partial charge in [0.2, 0.25) is 11.6 Å². The second-order valence-electron chi connectivity index (χ2n) is 6.76. The van der Waals surface area contributed by atoms with Crippen LogP contribution in [0.5, 0.6) is 0 Å². The molecule has 0 radical (unpaired) electrons. The highest BCUT2D eigenvalue weighted by atomic mass is 16.6. The molecule has 0 spiro atoms. The number of H-pyrrole nitrogens is 1. The van der Waals surface area contributed by atoms with Gasteiger partial charge < -0.3 is 15.0 Å². The Morgan fingerprint density at radius 1 is 1.20 bits per heavy atom. The molecule has 0 saturated carbocycles. The molecule has 0 amide bonds. The Morgan fingerprint density at radius 2 is 1.97 bits per heavy atom. The minimum absolute atomic E-state index is 0.0932. The van der Waals surface area contributed by atoms with Crippen molar-refractivity contribution in [2.75, 3.05) is 36.5 Å². The van der Waals surface area contributed by atoms with E-state index < -0.39 is 4.92 Å². The molecule has 0 unspecified atom stereocenters. The molecule has 2 N–H and O–H groups in total. The summed E-state index contributed by atoms with van der Waals surface area (Å²) in [6.45, 7) is 3.84. The topological polar surface area (TPSA) is 122 Å². The normalized spacial score (nSPS) is 14.2. The molecule has 1 fully saturated rings. The molecule has 0 bridgehead atoms. The van der Waals surface area contributed by atoms with E-state index in [1.54, 1.807) is 12.1 Å². The number of aromatic amines is 1. The quantitative estimate of drug-likeness (QED) is 0.472. The Bertz CT molecular complexity index is 1060. The molecule has 1 saturated heterocycles. The summed E-state index contributed by atoms with van der Waals surface area (Å²) in [5.74, 6) is 1.16. The third-order valence-electron chi connectivity index (χ3n) is 4.55. The Balaban J connectivity index is 1.78. The van der Waals surface area contributed by atoms with Crippen molar-refractivity contribution in [3.05, 3.63) is 63.6 Å². The first-order valence-corrected chi connectivity index (χ1v) is 9.51. The Morgan fingerprint density at radius 3 is 2.63 bits per heavy atom. The summed E-state index contributed by atoms with van der Waals surface area (Å²) in [5.41, 5.74) is 1.62. The van der Waals surface area contributed by atoms with Crippen LogP contribution in [-0.4, -0.2) is 51.4 Å². The Labute approximate surface area is 172 Å². The zero-order valence-electron chi connectivity index (χ0n) is 16.4. The van der Waals surface area contributed by atoms with Gasteiger partial charge in [-0.1, -0.05) is 36.4 Å². The summed E-state index contributed by atoms with van der Waals surface area (Å²) < 4.78 is 5.39. The number of benzene rings is 1. The Hall–Kier alpha value is -3.79. The maximum atomic E-state index is 12.0. The van der Waals surface area contributed by atoms with E-state index in [1.165, 1.54) is 0 Å². The molecule has 1 aliphatic heterocycles. The van der Waals surface area contributed by atoms with Crippen LogP contribution in [0.3, 0.4) is 0 Å². The maximum Gasteiger partial charge on any atom is 0.353 e. The van der Waals surface area contributed by atoms with Crippen LogP contribution in [0.1, 0.15) is 17.1 Å². The molecule has 3 heterocycles. The van der Waals surface area contributed by atoms with Crippen LogP contribution in [0.15, 0.2) is 36.4 Å². The van der Waals surface area contributed by atoms with E-state index in [1.807, 2.05) is 48.2 Å². The zero-order chi connectivity index (χ0) is 20.9. The van der Waals surface area contributed by atoms with Crippen molar-refractivity contribution in [1.29, 1.82) is 0 Å². The second-order valence-corrected chi connectivity index (χ2v) is 6.76. The summed E-state index contributed by atoms with van der Waals surface area (Å²) in [5, 5.41) is 21.8. The van der Waals surface area contributed by atoms with Crippen molar-refractivity contribution in [2.45, 2.75) is 6.92 Å². The van der Waals surface area contributed by atoms with Crippen LogP contribution in [-0.2, 0) is 4.74 Å². The van der Waals surface area contributed by atoms with Gasteiger partial charge in [0.25, 0.3) is 0 Å². The molecular weight excluding hydrogens is 386 g/mol. The molecule has 30 heavy (non-hydrogen) atoms. The number of ether oxygens (including phenoxy) is 1. The van der Waals surface area contributed by atoms with Crippen LogP contribution in [0, 0.1) is 17.0 Å². The molecule has 10 nitrogen and oxygen atoms in total. The lowest BCUT2D eigenvalue weighted by molar-refractivity contribution is -0.383. The van der Waals surface area contributed by atoms with E-state index >= 15 is 0 Å². The van der Waals surface area contributed by atoms with Crippen molar-refractivity contribution < 1.29 is 9.66 Å². The number of aromatic nitrogens is 4. The van der Waals surface area contributed by atoms with Crippen LogP contribution in [0.4, 0.5) is 23.1 Å². The zero-order valence-corrected chi connectivity index (χ0v) is 16.4. The number of hydrogen-bond acceptors (Lipinski definition) is 8. The third kappa shape index (κ3) is 4.44. The number of nitro groups is 1. The fraction of sp³-hybridized carbons (Fsp3) is 0.250. The molecule has 0 aliphatic carbocycles. The predicted molar refractivity (Wildman–Crippen MR) is 114 cm³/mol. The van der Waals surface area contributed by atoms with E-state index in [-0.39, 0.29) is 17.3 Å². The SMILES string of the molecule is Cc1cc(Nc2nc(/C=C/c3ccccc3)nc(N3CCOCC3)c2[N+](=O)[O-])n[nH]1. The van der Waals surface area contributed by atoms with Gasteiger partial charge in [-0.25, -0.2) is 9.97 Å². The first kappa shape index (κ1) is 19.5. The largest absolute Gasteiger partial charge is 0.378 e. The van der Waals surface area contributed by atoms with Gasteiger partial charge in [-0.15, -0.1) is 0 Å². The summed E-state index contributed by atoms with van der Waals surface area (Å²) in [4.78, 5) is 22.3. The average Bonchev–Trinajstić information content (AvgIpc) is 3.17. The molecule has 2 aromatic heterocycles. The van der Waals surface area contributed by atoms with Crippen LogP contribution < -0.4 is 10.2 Å². The van der Waals surface area contributed by atoms with E-state index in [2.05, 4.69) is 25.5 Å². The Kier molecular flexibility index (Phi) is 5.66. The standard InChI is InChI=1S/C20H21N7O3/c1-14-13-17(25-24-14)22-19-18(27(28)29)20(26-9-11-30-12-10-26)23-16(21-19)8-7-15-5-3-2-4-6-15/h2-8,13H,9-12H2,1H3,(H2,21,22,23,24,25)/b8-7+. The molecule has 1 aliphatic rings. The number of hydrogen-bond donors (Lipinski definition) is 2. The van der Waals surface area contributed by atoms with Gasteiger partial charge in [0.15, 0.2) is 11.6 Å². The average molecular weight is 407 g/mol. The van der Waals surface area contributed by atoms with E-state index in [9.17, 15) is 10.1 Å². The predicted octanol–water partition coefficient (Wildman–Crippen LogP) is 3.17. The highest BCUT2D eigenvalue weighted by Gasteiger charge is 2.29. The summed E-state index contributed by atoms with van der Waals surface area (Å²) in [6.07, 6.45) is 3.61. The van der Waals surface area contributed by atoms with Crippen molar-refractivity contribution in [3.63, 3.8) is 0 Å². The highest BCUT2D eigenvalue weighted by molar-refractivity contribution is 5.77. The summed E-state index contributed by atoms with van der Waals surface area (Å²) in [7, 11) is 0. The van der Waals surface area contributed by atoms with E-state index in [0.29, 0.717) is 37.9 Å².